The maximum atomic E-state index is 6.30. The second-order valence-corrected chi connectivity index (χ2v) is 8.20. The summed E-state index contributed by atoms with van der Waals surface area (Å²) >= 11 is 6.30. The van der Waals surface area contributed by atoms with Gasteiger partial charge in [-0.3, -0.25) is 9.89 Å². The van der Waals surface area contributed by atoms with Crippen LogP contribution in [-0.4, -0.2) is 80.9 Å². The van der Waals surface area contributed by atoms with Gasteiger partial charge < -0.3 is 20.3 Å². The summed E-state index contributed by atoms with van der Waals surface area (Å²) < 4.78 is 5.50. The minimum absolute atomic E-state index is 0. The highest BCUT2D eigenvalue weighted by Crippen LogP contribution is 2.25. The number of hydrogen-bond donors (Lipinski definition) is 2. The van der Waals surface area contributed by atoms with E-state index < -0.39 is 0 Å². The number of guanidine groups is 1. The lowest BCUT2D eigenvalue weighted by molar-refractivity contribution is 0.00751. The minimum Gasteiger partial charge on any atom is -0.379 e. The van der Waals surface area contributed by atoms with Gasteiger partial charge in [0.1, 0.15) is 5.82 Å². The van der Waals surface area contributed by atoms with E-state index >= 15 is 0 Å². The van der Waals surface area contributed by atoms with Gasteiger partial charge in [-0.1, -0.05) is 25.4 Å². The Morgan fingerprint density at radius 3 is 2.76 bits per heavy atom. The van der Waals surface area contributed by atoms with Crippen molar-refractivity contribution in [3.8, 4) is 0 Å². The Morgan fingerprint density at radius 1 is 1.34 bits per heavy atom. The van der Waals surface area contributed by atoms with Gasteiger partial charge in [0.25, 0.3) is 0 Å². The number of hydrogen-bond acceptors (Lipinski definition) is 5. The second-order valence-electron chi connectivity index (χ2n) is 7.80. The lowest BCUT2D eigenvalue weighted by Crippen LogP contribution is -2.53. The molecule has 9 heteroatoms. The molecule has 1 aromatic heterocycles. The molecule has 29 heavy (non-hydrogen) atoms. The molecule has 2 aliphatic heterocycles. The molecule has 2 fully saturated rings. The third kappa shape index (κ3) is 6.83. The van der Waals surface area contributed by atoms with Crippen LogP contribution in [0.15, 0.2) is 23.3 Å². The molecule has 3 rings (SSSR count). The van der Waals surface area contributed by atoms with Gasteiger partial charge in [0, 0.05) is 58.1 Å². The van der Waals surface area contributed by atoms with E-state index in [0.29, 0.717) is 23.0 Å². The topological polar surface area (TPSA) is 65.0 Å². The lowest BCUT2D eigenvalue weighted by atomic mass is 10.0. The Bertz CT molecular complexity index is 656. The zero-order valence-corrected chi connectivity index (χ0v) is 20.7. The van der Waals surface area contributed by atoms with Gasteiger partial charge in [-0.25, -0.2) is 4.98 Å². The van der Waals surface area contributed by atoms with Crippen LogP contribution in [0.3, 0.4) is 0 Å². The fourth-order valence-corrected chi connectivity index (χ4v) is 4.21. The Hall–Kier alpha value is -0.840. The van der Waals surface area contributed by atoms with Crippen molar-refractivity contribution in [3.63, 3.8) is 0 Å². The zero-order valence-electron chi connectivity index (χ0n) is 17.6. The van der Waals surface area contributed by atoms with E-state index in [-0.39, 0.29) is 24.0 Å². The first-order valence-electron chi connectivity index (χ1n) is 10.2. The SMILES string of the molecule is CN=C(NCC(C(C)C)N1CCOCC1)NC1CCN(c2ncccc2Cl)C1.I. The number of morpholine rings is 1. The van der Waals surface area contributed by atoms with Crippen LogP contribution in [0, 0.1) is 5.92 Å². The largest absolute Gasteiger partial charge is 0.379 e. The number of anilines is 1. The van der Waals surface area contributed by atoms with Crippen molar-refractivity contribution in [1.82, 2.24) is 20.5 Å². The molecule has 2 atom stereocenters. The number of nitrogens with zero attached hydrogens (tertiary/aromatic N) is 4. The fraction of sp³-hybridized carbons (Fsp3) is 0.700. The molecule has 2 saturated heterocycles. The predicted octanol–water partition coefficient (Wildman–Crippen LogP) is 2.45. The summed E-state index contributed by atoms with van der Waals surface area (Å²) in [6.45, 7) is 10.9. The molecule has 0 saturated carbocycles. The molecule has 0 aliphatic carbocycles. The van der Waals surface area contributed by atoms with Crippen molar-refractivity contribution in [2.45, 2.75) is 32.4 Å². The van der Waals surface area contributed by atoms with Crippen molar-refractivity contribution in [2.75, 3.05) is 57.9 Å². The fourth-order valence-electron chi connectivity index (χ4n) is 3.97. The Balaban J connectivity index is 0.00000300. The van der Waals surface area contributed by atoms with Crippen LogP contribution >= 0.6 is 35.6 Å². The first kappa shape index (κ1) is 24.4. The Kier molecular flexibility index (Phi) is 10.2. The smallest absolute Gasteiger partial charge is 0.191 e. The third-order valence-electron chi connectivity index (χ3n) is 5.55. The van der Waals surface area contributed by atoms with E-state index in [0.717, 1.165) is 64.1 Å². The summed E-state index contributed by atoms with van der Waals surface area (Å²) in [6, 6.07) is 4.55. The van der Waals surface area contributed by atoms with Gasteiger partial charge in [-0.05, 0) is 24.5 Å². The lowest BCUT2D eigenvalue weighted by Gasteiger charge is -2.37. The van der Waals surface area contributed by atoms with Crippen molar-refractivity contribution in [1.29, 1.82) is 0 Å². The zero-order chi connectivity index (χ0) is 19.9. The standard InChI is InChI=1S/C20H33ClN6O.HI/c1-15(2)18(26-9-11-28-12-10-26)13-24-20(22-3)25-16-6-8-27(14-16)19-17(21)5-4-7-23-19;/h4-5,7,15-16,18H,6,8-14H2,1-3H3,(H2,22,24,25);1H. The van der Waals surface area contributed by atoms with Crippen LogP contribution in [0.5, 0.6) is 0 Å². The number of halogens is 2. The van der Waals surface area contributed by atoms with E-state index in [4.69, 9.17) is 16.3 Å². The average Bonchev–Trinajstić information content (AvgIpc) is 3.16. The molecule has 164 valence electrons. The van der Waals surface area contributed by atoms with Gasteiger partial charge in [-0.2, -0.15) is 0 Å². The van der Waals surface area contributed by atoms with Crippen LogP contribution in [0.4, 0.5) is 5.82 Å². The molecule has 7 nitrogen and oxygen atoms in total. The maximum absolute atomic E-state index is 6.30. The first-order chi connectivity index (χ1) is 13.6. The maximum Gasteiger partial charge on any atom is 0.191 e. The molecular weight excluding hydrogens is 503 g/mol. The van der Waals surface area contributed by atoms with Crippen LogP contribution in [0.2, 0.25) is 5.02 Å². The summed E-state index contributed by atoms with van der Waals surface area (Å²) in [6.07, 6.45) is 2.82. The third-order valence-corrected chi connectivity index (χ3v) is 5.85. The van der Waals surface area contributed by atoms with E-state index in [1.807, 2.05) is 19.2 Å². The predicted molar refractivity (Wildman–Crippen MR) is 131 cm³/mol. The molecule has 1 aromatic rings. The van der Waals surface area contributed by atoms with E-state index in [2.05, 4.69) is 44.3 Å². The Morgan fingerprint density at radius 2 is 2.10 bits per heavy atom. The summed E-state index contributed by atoms with van der Waals surface area (Å²) in [7, 11) is 1.83. The van der Waals surface area contributed by atoms with Crippen molar-refractivity contribution in [3.05, 3.63) is 23.4 Å². The summed E-state index contributed by atoms with van der Waals surface area (Å²) in [5.41, 5.74) is 0. The summed E-state index contributed by atoms with van der Waals surface area (Å²) in [4.78, 5) is 13.6. The van der Waals surface area contributed by atoms with E-state index in [1.165, 1.54) is 0 Å². The molecule has 2 N–H and O–H groups in total. The van der Waals surface area contributed by atoms with Crippen LogP contribution in [0.1, 0.15) is 20.3 Å². The molecule has 2 unspecified atom stereocenters. The summed E-state index contributed by atoms with van der Waals surface area (Å²) in [5, 5.41) is 7.81. The molecule has 0 radical (unpaired) electrons. The quantitative estimate of drug-likeness (QED) is 0.331. The molecule has 0 aromatic carbocycles. The van der Waals surface area contributed by atoms with Gasteiger partial charge in [0.15, 0.2) is 5.96 Å². The van der Waals surface area contributed by atoms with Crippen LogP contribution in [-0.2, 0) is 4.74 Å². The monoisotopic (exact) mass is 536 g/mol. The molecule has 3 heterocycles. The molecule has 0 bridgehead atoms. The molecule has 2 aliphatic rings. The normalized spacial score (nSPS) is 21.8. The molecule has 0 spiro atoms. The number of aromatic nitrogens is 1. The van der Waals surface area contributed by atoms with E-state index in [1.54, 1.807) is 6.20 Å². The summed E-state index contributed by atoms with van der Waals surface area (Å²) in [5.74, 6) is 2.29. The highest BCUT2D eigenvalue weighted by molar-refractivity contribution is 14.0. The van der Waals surface area contributed by atoms with Crippen molar-refractivity contribution >= 4 is 47.4 Å². The number of ether oxygens (including phenoxy) is 1. The molecule has 0 amide bonds. The first-order valence-corrected chi connectivity index (χ1v) is 10.6. The Labute approximate surface area is 196 Å². The molecular formula is C20H34ClIN6O. The van der Waals surface area contributed by atoms with Crippen LogP contribution < -0.4 is 15.5 Å². The number of aliphatic imine (C=N–C) groups is 1. The van der Waals surface area contributed by atoms with Gasteiger partial charge >= 0.3 is 0 Å². The van der Waals surface area contributed by atoms with Crippen molar-refractivity contribution < 1.29 is 4.74 Å². The van der Waals surface area contributed by atoms with Crippen molar-refractivity contribution in [2.24, 2.45) is 10.9 Å². The number of pyridine rings is 1. The van der Waals surface area contributed by atoms with Gasteiger partial charge in [0.05, 0.1) is 18.2 Å². The minimum atomic E-state index is 0. The number of nitrogens with one attached hydrogen (secondary N) is 2. The average molecular weight is 537 g/mol. The van der Waals surface area contributed by atoms with E-state index in [9.17, 15) is 0 Å². The number of rotatable bonds is 6. The second kappa shape index (κ2) is 12.1. The van der Waals surface area contributed by atoms with Gasteiger partial charge in [0.2, 0.25) is 0 Å². The van der Waals surface area contributed by atoms with Gasteiger partial charge in [-0.15, -0.1) is 24.0 Å². The highest BCUT2D eigenvalue weighted by atomic mass is 127. The van der Waals surface area contributed by atoms with Crippen LogP contribution in [0.25, 0.3) is 0 Å². The highest BCUT2D eigenvalue weighted by Gasteiger charge is 2.27.